The normalized spacial score (nSPS) is 18.7. The van der Waals surface area contributed by atoms with Gasteiger partial charge in [0.1, 0.15) is 0 Å². The minimum absolute atomic E-state index is 0.0949. The van der Waals surface area contributed by atoms with E-state index < -0.39 is 0 Å². The Hall–Kier alpha value is -3.19. The number of methoxy groups -OCH3 is 1. The van der Waals surface area contributed by atoms with Gasteiger partial charge in [0.05, 0.1) is 29.9 Å². The summed E-state index contributed by atoms with van der Waals surface area (Å²) in [6, 6.07) is 12.5. The van der Waals surface area contributed by atoms with Crippen LogP contribution < -0.4 is 10.6 Å². The Morgan fingerprint density at radius 1 is 1.18 bits per heavy atom. The third-order valence-electron chi connectivity index (χ3n) is 6.73. The van der Waals surface area contributed by atoms with Crippen molar-refractivity contribution in [1.29, 1.82) is 0 Å². The molecule has 0 unspecified atom stereocenters. The first-order valence-electron chi connectivity index (χ1n) is 11.7. The summed E-state index contributed by atoms with van der Waals surface area (Å²) >= 11 is 0. The van der Waals surface area contributed by atoms with E-state index in [4.69, 9.17) is 15.5 Å². The first-order chi connectivity index (χ1) is 16.1. The first-order valence-corrected chi connectivity index (χ1v) is 11.7. The van der Waals surface area contributed by atoms with E-state index in [1.807, 2.05) is 29.3 Å². The summed E-state index contributed by atoms with van der Waals surface area (Å²) in [4.78, 5) is 26.4. The van der Waals surface area contributed by atoms with Crippen molar-refractivity contribution in [3.05, 3.63) is 48.3 Å². The maximum Gasteiger partial charge on any atom is 0.225 e. The Morgan fingerprint density at radius 2 is 2.03 bits per heavy atom. The SMILES string of the molecule is COCCC(=O)N1CCN(c2nc(C3CC3)c(-c3cccc4ncccc34)cc2N)C[C@H]1C. The number of ether oxygens (including phenoxy) is 1. The second-order valence-electron chi connectivity index (χ2n) is 9.11. The fraction of sp³-hybridized carbons (Fsp3) is 0.423. The van der Waals surface area contributed by atoms with Crippen molar-refractivity contribution in [3.8, 4) is 11.1 Å². The molecule has 7 nitrogen and oxygen atoms in total. The molecule has 1 aromatic carbocycles. The summed E-state index contributed by atoms with van der Waals surface area (Å²) < 4.78 is 5.07. The Bertz CT molecular complexity index is 1170. The quantitative estimate of drug-likeness (QED) is 0.621. The third-order valence-corrected chi connectivity index (χ3v) is 6.73. The standard InChI is InChI=1S/C26H31N5O2/c1-17-16-30(12-13-31(17)24(32)10-14-33-2)26-22(27)15-21(25(29-26)18-8-9-18)19-5-3-7-23-20(19)6-4-11-28-23/h3-7,11,15,17-18H,8-10,12-14,16,27H2,1-2H3/t17-/m1/s1. The molecule has 172 valence electrons. The van der Waals surface area contributed by atoms with Crippen LogP contribution in [0.25, 0.3) is 22.0 Å². The zero-order chi connectivity index (χ0) is 22.9. The fourth-order valence-corrected chi connectivity index (χ4v) is 4.86. The van der Waals surface area contributed by atoms with Gasteiger partial charge in [-0.05, 0) is 43.5 Å². The van der Waals surface area contributed by atoms with E-state index >= 15 is 0 Å². The smallest absolute Gasteiger partial charge is 0.225 e. The second kappa shape index (κ2) is 8.98. The van der Waals surface area contributed by atoms with E-state index in [-0.39, 0.29) is 11.9 Å². The van der Waals surface area contributed by atoms with Gasteiger partial charge in [-0.25, -0.2) is 4.98 Å². The van der Waals surface area contributed by atoms with Crippen LogP contribution in [0.2, 0.25) is 0 Å². The van der Waals surface area contributed by atoms with Crippen LogP contribution in [0.3, 0.4) is 0 Å². The minimum atomic E-state index is 0.0949. The molecular weight excluding hydrogens is 414 g/mol. The molecule has 1 atom stereocenters. The van der Waals surface area contributed by atoms with Gasteiger partial charge in [-0.2, -0.15) is 0 Å². The van der Waals surface area contributed by atoms with Crippen molar-refractivity contribution in [2.24, 2.45) is 0 Å². The van der Waals surface area contributed by atoms with Crippen molar-refractivity contribution >= 4 is 28.3 Å². The molecule has 7 heteroatoms. The summed E-state index contributed by atoms with van der Waals surface area (Å²) in [5, 5.41) is 1.12. The number of piperazine rings is 1. The van der Waals surface area contributed by atoms with Gasteiger partial charge in [0.25, 0.3) is 0 Å². The Labute approximate surface area is 194 Å². The fourth-order valence-electron chi connectivity index (χ4n) is 4.86. The molecule has 0 radical (unpaired) electrons. The van der Waals surface area contributed by atoms with Gasteiger partial charge in [-0.1, -0.05) is 18.2 Å². The number of pyridine rings is 2. The minimum Gasteiger partial charge on any atom is -0.396 e. The lowest BCUT2D eigenvalue weighted by Crippen LogP contribution is -2.54. The highest BCUT2D eigenvalue weighted by atomic mass is 16.5. The zero-order valence-corrected chi connectivity index (χ0v) is 19.3. The topological polar surface area (TPSA) is 84.6 Å². The van der Waals surface area contributed by atoms with Gasteiger partial charge in [-0.15, -0.1) is 0 Å². The van der Waals surface area contributed by atoms with Crippen LogP contribution in [-0.4, -0.2) is 60.2 Å². The summed E-state index contributed by atoms with van der Waals surface area (Å²) in [6.45, 7) is 4.66. The molecule has 1 amide bonds. The number of amides is 1. The average Bonchev–Trinajstić information content (AvgIpc) is 3.67. The van der Waals surface area contributed by atoms with E-state index in [9.17, 15) is 4.79 Å². The van der Waals surface area contributed by atoms with Crippen molar-refractivity contribution in [2.75, 3.05) is 44.0 Å². The van der Waals surface area contributed by atoms with E-state index in [0.717, 1.165) is 59.5 Å². The number of nitrogens with two attached hydrogens (primary N) is 1. The van der Waals surface area contributed by atoms with Crippen LogP contribution in [0.5, 0.6) is 0 Å². The lowest BCUT2D eigenvalue weighted by atomic mass is 9.96. The molecule has 1 aliphatic carbocycles. The van der Waals surface area contributed by atoms with Crippen LogP contribution in [0.15, 0.2) is 42.6 Å². The van der Waals surface area contributed by atoms with Gasteiger partial charge >= 0.3 is 0 Å². The summed E-state index contributed by atoms with van der Waals surface area (Å²) in [7, 11) is 1.62. The van der Waals surface area contributed by atoms with E-state index in [1.165, 1.54) is 0 Å². The van der Waals surface area contributed by atoms with E-state index in [0.29, 0.717) is 31.2 Å². The number of benzene rings is 1. The number of fused-ring (bicyclic) bond motifs is 1. The molecule has 1 aliphatic heterocycles. The number of aromatic nitrogens is 2. The molecule has 2 N–H and O–H groups in total. The third kappa shape index (κ3) is 4.25. The molecular formula is C26H31N5O2. The number of carbonyl (C=O) groups is 1. The molecule has 0 spiro atoms. The van der Waals surface area contributed by atoms with Gasteiger partial charge in [0, 0.05) is 55.9 Å². The monoisotopic (exact) mass is 445 g/mol. The Kier molecular flexibility index (Phi) is 5.89. The maximum absolute atomic E-state index is 12.5. The van der Waals surface area contributed by atoms with Crippen molar-refractivity contribution in [3.63, 3.8) is 0 Å². The number of carbonyl (C=O) groups excluding carboxylic acids is 1. The number of anilines is 2. The van der Waals surface area contributed by atoms with Gasteiger partial charge in [-0.3, -0.25) is 9.78 Å². The van der Waals surface area contributed by atoms with Crippen molar-refractivity contribution in [2.45, 2.75) is 38.1 Å². The van der Waals surface area contributed by atoms with Crippen molar-refractivity contribution < 1.29 is 9.53 Å². The molecule has 1 saturated heterocycles. The van der Waals surface area contributed by atoms with Crippen LogP contribution in [0.4, 0.5) is 11.5 Å². The largest absolute Gasteiger partial charge is 0.396 e. The van der Waals surface area contributed by atoms with Gasteiger partial charge in [0.15, 0.2) is 5.82 Å². The molecule has 2 fully saturated rings. The predicted molar refractivity (Wildman–Crippen MR) is 131 cm³/mol. The molecule has 2 aromatic heterocycles. The van der Waals surface area contributed by atoms with E-state index in [1.54, 1.807) is 7.11 Å². The maximum atomic E-state index is 12.5. The summed E-state index contributed by atoms with van der Waals surface area (Å²) in [5.74, 6) is 1.46. The molecule has 1 saturated carbocycles. The van der Waals surface area contributed by atoms with E-state index in [2.05, 4.69) is 35.0 Å². The molecule has 5 rings (SSSR count). The number of nitrogen functional groups attached to an aromatic ring is 1. The van der Waals surface area contributed by atoms with Crippen molar-refractivity contribution in [1.82, 2.24) is 14.9 Å². The average molecular weight is 446 g/mol. The van der Waals surface area contributed by atoms with Gasteiger partial charge in [0.2, 0.25) is 5.91 Å². The Morgan fingerprint density at radius 3 is 2.79 bits per heavy atom. The van der Waals surface area contributed by atoms with Crippen LogP contribution in [0.1, 0.15) is 37.8 Å². The number of hydrogen-bond donors (Lipinski definition) is 1. The lowest BCUT2D eigenvalue weighted by Gasteiger charge is -2.41. The summed E-state index contributed by atoms with van der Waals surface area (Å²) in [5.41, 5.74) is 11.6. The number of hydrogen-bond acceptors (Lipinski definition) is 6. The highest BCUT2D eigenvalue weighted by Gasteiger charge is 2.32. The molecule has 33 heavy (non-hydrogen) atoms. The molecule has 0 bridgehead atoms. The highest BCUT2D eigenvalue weighted by molar-refractivity contribution is 5.96. The molecule has 3 aromatic rings. The van der Waals surface area contributed by atoms with Crippen LogP contribution >= 0.6 is 0 Å². The number of nitrogens with zero attached hydrogens (tertiary/aromatic N) is 4. The summed E-state index contributed by atoms with van der Waals surface area (Å²) in [6.07, 6.45) is 4.56. The molecule has 2 aliphatic rings. The van der Waals surface area contributed by atoms with Gasteiger partial charge < -0.3 is 20.3 Å². The van der Waals surface area contributed by atoms with Crippen LogP contribution in [0, 0.1) is 0 Å². The zero-order valence-electron chi connectivity index (χ0n) is 19.3. The Balaban J connectivity index is 1.46. The molecule has 3 heterocycles. The predicted octanol–water partition coefficient (Wildman–Crippen LogP) is 3.83. The first kappa shape index (κ1) is 21.6. The van der Waals surface area contributed by atoms with Crippen LogP contribution in [-0.2, 0) is 9.53 Å². The highest BCUT2D eigenvalue weighted by Crippen LogP contribution is 2.46. The second-order valence-corrected chi connectivity index (χ2v) is 9.11. The lowest BCUT2D eigenvalue weighted by molar-refractivity contribution is -0.134. The number of rotatable bonds is 6.